The Bertz CT molecular complexity index is 1420. The van der Waals surface area contributed by atoms with E-state index in [0.29, 0.717) is 42.5 Å². The first-order valence-corrected chi connectivity index (χ1v) is 12.7. The molecule has 1 N–H and O–H groups in total. The number of likely N-dealkylation sites (N-methyl/N-ethyl adjacent to an activating group) is 1. The van der Waals surface area contributed by atoms with Crippen LogP contribution in [-0.2, 0) is 7.05 Å². The second kappa shape index (κ2) is 9.58. The molecular weight excluding hydrogens is 475 g/mol. The van der Waals surface area contributed by atoms with Crippen molar-refractivity contribution in [2.24, 2.45) is 7.05 Å². The Morgan fingerprint density at radius 2 is 2.11 bits per heavy atom. The molecule has 0 aliphatic carbocycles. The average Bonchev–Trinajstić information content (AvgIpc) is 3.61. The number of anilines is 3. The molecule has 0 radical (unpaired) electrons. The smallest absolute Gasteiger partial charge is 0.222 e. The maximum absolute atomic E-state index is 12.9. The largest absolute Gasteiger partial charge is 0.477 e. The van der Waals surface area contributed by atoms with Crippen molar-refractivity contribution in [2.75, 3.05) is 50.2 Å². The standard InChI is InChI=1S/C25H31FN10O/c1-16-6-11-37-25-19(14-29-34(25)3)23-27-8-4-21(31-23)30-22-12-20-18(13-28-22)24(32-36(16)20)35-9-5-17(15-35)33(2)10-7-26/h4,8,12-14,16-17H,5-7,9-11,15H2,1-3H3,(H,27,28,30,31)/t16-,17-/m0/s1. The number of fused-ring (bicyclic) bond motifs is 5. The molecule has 6 heterocycles. The van der Waals surface area contributed by atoms with Crippen LogP contribution in [0.1, 0.15) is 25.8 Å². The first-order valence-electron chi connectivity index (χ1n) is 12.7. The molecule has 2 aliphatic heterocycles. The maximum Gasteiger partial charge on any atom is 0.222 e. The summed E-state index contributed by atoms with van der Waals surface area (Å²) in [6, 6.07) is 4.21. The number of nitrogens with one attached hydrogen (secondary N) is 1. The van der Waals surface area contributed by atoms with Gasteiger partial charge in [0.1, 0.15) is 23.9 Å². The van der Waals surface area contributed by atoms with E-state index in [4.69, 9.17) is 14.8 Å². The summed E-state index contributed by atoms with van der Waals surface area (Å²) in [5.41, 5.74) is 1.73. The van der Waals surface area contributed by atoms with Gasteiger partial charge in [-0.05, 0) is 26.5 Å². The van der Waals surface area contributed by atoms with Crippen molar-refractivity contribution >= 4 is 28.4 Å². The maximum atomic E-state index is 12.9. The van der Waals surface area contributed by atoms with E-state index in [0.717, 1.165) is 48.2 Å². The molecule has 0 spiro atoms. The van der Waals surface area contributed by atoms with Crippen molar-refractivity contribution in [3.05, 3.63) is 30.7 Å². The van der Waals surface area contributed by atoms with Crippen LogP contribution < -0.4 is 15.0 Å². The molecule has 2 aliphatic rings. The van der Waals surface area contributed by atoms with Crippen LogP contribution in [-0.4, -0.2) is 85.4 Å². The van der Waals surface area contributed by atoms with Crippen LogP contribution >= 0.6 is 0 Å². The van der Waals surface area contributed by atoms with Crippen molar-refractivity contribution in [1.29, 1.82) is 0 Å². The van der Waals surface area contributed by atoms with Gasteiger partial charge in [0.25, 0.3) is 0 Å². The number of hydrogen-bond donors (Lipinski definition) is 1. The molecule has 37 heavy (non-hydrogen) atoms. The van der Waals surface area contributed by atoms with Gasteiger partial charge in [-0.1, -0.05) is 0 Å². The van der Waals surface area contributed by atoms with Crippen LogP contribution in [0, 0.1) is 0 Å². The molecule has 2 atom stereocenters. The minimum absolute atomic E-state index is 0.0767. The van der Waals surface area contributed by atoms with Crippen molar-refractivity contribution in [1.82, 2.24) is 39.4 Å². The van der Waals surface area contributed by atoms with Gasteiger partial charge in [0.2, 0.25) is 5.88 Å². The minimum Gasteiger partial charge on any atom is -0.477 e. The number of aromatic nitrogens is 7. The highest BCUT2D eigenvalue weighted by atomic mass is 19.1. The molecule has 0 saturated carbocycles. The Morgan fingerprint density at radius 3 is 2.97 bits per heavy atom. The lowest BCUT2D eigenvalue weighted by Crippen LogP contribution is -2.36. The number of halogens is 1. The van der Waals surface area contributed by atoms with E-state index in [1.807, 2.05) is 32.4 Å². The lowest BCUT2D eigenvalue weighted by atomic mass is 10.2. The Balaban J connectivity index is 1.39. The Morgan fingerprint density at radius 1 is 1.22 bits per heavy atom. The third-order valence-electron chi connectivity index (χ3n) is 7.32. The van der Waals surface area contributed by atoms with E-state index < -0.39 is 0 Å². The highest BCUT2D eigenvalue weighted by molar-refractivity contribution is 5.92. The van der Waals surface area contributed by atoms with Gasteiger partial charge in [-0.2, -0.15) is 10.2 Å². The lowest BCUT2D eigenvalue weighted by Gasteiger charge is -2.23. The van der Waals surface area contributed by atoms with Crippen LogP contribution in [0.2, 0.25) is 0 Å². The van der Waals surface area contributed by atoms with E-state index in [9.17, 15) is 4.39 Å². The topological polar surface area (TPSA) is 102 Å². The summed E-state index contributed by atoms with van der Waals surface area (Å²) in [5, 5.41) is 13.8. The van der Waals surface area contributed by atoms with E-state index >= 15 is 0 Å². The second-order valence-electron chi connectivity index (χ2n) is 9.78. The predicted molar refractivity (Wildman–Crippen MR) is 139 cm³/mol. The van der Waals surface area contributed by atoms with E-state index in [-0.39, 0.29) is 12.7 Å². The monoisotopic (exact) mass is 506 g/mol. The first-order chi connectivity index (χ1) is 18.0. The van der Waals surface area contributed by atoms with Crippen LogP contribution in [0.15, 0.2) is 30.7 Å². The first kappa shape index (κ1) is 23.6. The molecule has 4 aromatic heterocycles. The van der Waals surface area contributed by atoms with Crippen molar-refractivity contribution in [2.45, 2.75) is 31.8 Å². The number of ether oxygens (including phenoxy) is 1. The van der Waals surface area contributed by atoms with E-state index in [2.05, 4.69) is 41.8 Å². The molecule has 6 rings (SSSR count). The molecular formula is C25H31FN10O. The number of pyridine rings is 1. The van der Waals surface area contributed by atoms with Gasteiger partial charge in [0.05, 0.1) is 29.7 Å². The summed E-state index contributed by atoms with van der Waals surface area (Å²) in [7, 11) is 3.84. The van der Waals surface area contributed by atoms with Crippen LogP contribution in [0.5, 0.6) is 5.88 Å². The highest BCUT2D eigenvalue weighted by Crippen LogP contribution is 2.34. The van der Waals surface area contributed by atoms with Crippen LogP contribution in [0.4, 0.5) is 21.8 Å². The van der Waals surface area contributed by atoms with E-state index in [1.54, 1.807) is 17.1 Å². The quantitative estimate of drug-likeness (QED) is 0.447. The van der Waals surface area contributed by atoms with Gasteiger partial charge in [-0.25, -0.2) is 24.0 Å². The molecule has 4 aromatic rings. The summed E-state index contributed by atoms with van der Waals surface area (Å²) in [4.78, 5) is 18.2. The van der Waals surface area contributed by atoms with Crippen LogP contribution in [0.25, 0.3) is 22.3 Å². The number of aryl methyl sites for hydroxylation is 1. The number of hydrogen-bond acceptors (Lipinski definition) is 9. The fourth-order valence-corrected chi connectivity index (χ4v) is 5.15. The Kier molecular flexibility index (Phi) is 6.11. The molecule has 0 unspecified atom stereocenters. The number of alkyl halides is 1. The zero-order valence-corrected chi connectivity index (χ0v) is 21.3. The fourth-order valence-electron chi connectivity index (χ4n) is 5.15. The molecule has 1 fully saturated rings. The van der Waals surface area contributed by atoms with Gasteiger partial charge in [-0.15, -0.1) is 0 Å². The molecule has 12 heteroatoms. The zero-order chi connectivity index (χ0) is 25.5. The highest BCUT2D eigenvalue weighted by Gasteiger charge is 2.29. The summed E-state index contributed by atoms with van der Waals surface area (Å²) in [6.07, 6.45) is 7.03. The van der Waals surface area contributed by atoms with Gasteiger partial charge in [-0.3, -0.25) is 9.58 Å². The zero-order valence-electron chi connectivity index (χ0n) is 21.3. The summed E-state index contributed by atoms with van der Waals surface area (Å²) >= 11 is 0. The van der Waals surface area contributed by atoms with Crippen molar-refractivity contribution in [3.8, 4) is 17.3 Å². The average molecular weight is 507 g/mol. The summed E-state index contributed by atoms with van der Waals surface area (Å²) in [5.74, 6) is 3.39. The van der Waals surface area contributed by atoms with Gasteiger partial charge in [0, 0.05) is 57.6 Å². The molecule has 4 bridgehead atoms. The van der Waals surface area contributed by atoms with Crippen LogP contribution in [0.3, 0.4) is 0 Å². The summed E-state index contributed by atoms with van der Waals surface area (Å²) < 4.78 is 22.9. The molecule has 0 amide bonds. The van der Waals surface area contributed by atoms with E-state index in [1.165, 1.54) is 0 Å². The number of nitrogens with zero attached hydrogens (tertiary/aromatic N) is 9. The Labute approximate surface area is 214 Å². The molecule has 1 saturated heterocycles. The fraction of sp³-hybridized carbons (Fsp3) is 0.480. The van der Waals surface area contributed by atoms with Gasteiger partial charge in [0.15, 0.2) is 11.6 Å². The third-order valence-corrected chi connectivity index (χ3v) is 7.32. The van der Waals surface area contributed by atoms with Gasteiger partial charge >= 0.3 is 0 Å². The second-order valence-corrected chi connectivity index (χ2v) is 9.78. The lowest BCUT2D eigenvalue weighted by molar-refractivity contribution is 0.235. The SMILES string of the molecule is C[C@H]1CCOc2c(cnn2C)-c2nccc(n2)Nc2cc3c(cn2)c(N2CC[C@H](N(C)CCF)C2)nn31. The summed E-state index contributed by atoms with van der Waals surface area (Å²) in [6.45, 7) is 4.43. The predicted octanol–water partition coefficient (Wildman–Crippen LogP) is 3.19. The molecule has 194 valence electrons. The third kappa shape index (κ3) is 4.35. The molecule has 11 nitrogen and oxygen atoms in total. The normalized spacial score (nSPS) is 19.6. The van der Waals surface area contributed by atoms with Crippen molar-refractivity contribution < 1.29 is 9.13 Å². The van der Waals surface area contributed by atoms with Gasteiger partial charge < -0.3 is 15.0 Å². The Hall–Kier alpha value is -3.80. The molecule has 0 aromatic carbocycles. The minimum atomic E-state index is -0.335. The van der Waals surface area contributed by atoms with Crippen molar-refractivity contribution in [3.63, 3.8) is 0 Å². The number of rotatable bonds is 4.